The van der Waals surface area contributed by atoms with Gasteiger partial charge in [0.2, 0.25) is 11.8 Å². The number of piperazine rings is 1. The second-order valence-corrected chi connectivity index (χ2v) is 7.67. The van der Waals surface area contributed by atoms with Crippen LogP contribution in [0.2, 0.25) is 0 Å². The van der Waals surface area contributed by atoms with Crippen LogP contribution in [-0.2, 0) is 15.8 Å². The molecule has 0 aliphatic carbocycles. The molecule has 3 rings (SSSR count). The molecule has 0 saturated carbocycles. The first kappa shape index (κ1) is 21.4. The van der Waals surface area contributed by atoms with Crippen molar-refractivity contribution in [2.75, 3.05) is 44.2 Å². The van der Waals surface area contributed by atoms with Crippen molar-refractivity contribution >= 4 is 17.5 Å². The second-order valence-electron chi connectivity index (χ2n) is 7.67. The number of nitrogens with two attached hydrogens (primary N) is 1. The molecule has 1 atom stereocenters. The summed E-state index contributed by atoms with van der Waals surface area (Å²) in [7, 11) is 0. The normalized spacial score (nSPS) is 21.3. The molecule has 2 N–H and O–H groups in total. The summed E-state index contributed by atoms with van der Waals surface area (Å²) >= 11 is 0. The topological polar surface area (TPSA) is 69.9 Å². The number of carbonyl (C=O) groups excluding carboxylic acids is 2. The van der Waals surface area contributed by atoms with Crippen LogP contribution in [0.4, 0.5) is 18.9 Å². The van der Waals surface area contributed by atoms with E-state index in [2.05, 4.69) is 4.90 Å². The zero-order valence-electron chi connectivity index (χ0n) is 16.3. The Hall–Kier alpha value is -2.29. The Kier molecular flexibility index (Phi) is 6.66. The molecule has 0 bridgehead atoms. The highest BCUT2D eigenvalue weighted by atomic mass is 19.4. The van der Waals surface area contributed by atoms with Gasteiger partial charge in [-0.05, 0) is 31.0 Å². The third-order valence-corrected chi connectivity index (χ3v) is 5.70. The highest BCUT2D eigenvalue weighted by Gasteiger charge is 2.32. The number of anilines is 1. The molecule has 2 saturated heterocycles. The summed E-state index contributed by atoms with van der Waals surface area (Å²) in [5.41, 5.74) is 5.08. The summed E-state index contributed by atoms with van der Waals surface area (Å²) in [6.07, 6.45) is -2.24. The minimum atomic E-state index is -4.34. The minimum absolute atomic E-state index is 0.0453. The lowest BCUT2D eigenvalue weighted by Crippen LogP contribution is -2.56. The van der Waals surface area contributed by atoms with Crippen molar-refractivity contribution < 1.29 is 22.8 Å². The van der Waals surface area contributed by atoms with Crippen LogP contribution in [0.1, 0.15) is 31.2 Å². The number of hydrogen-bond donors (Lipinski definition) is 1. The van der Waals surface area contributed by atoms with Crippen molar-refractivity contribution in [1.82, 2.24) is 9.80 Å². The first-order chi connectivity index (χ1) is 13.7. The van der Waals surface area contributed by atoms with Crippen LogP contribution in [0.25, 0.3) is 0 Å². The Labute approximate surface area is 168 Å². The maximum absolute atomic E-state index is 13.0. The first-order valence-corrected chi connectivity index (χ1v) is 9.96. The van der Waals surface area contributed by atoms with Gasteiger partial charge in [-0.3, -0.25) is 14.5 Å². The third-order valence-electron chi connectivity index (χ3n) is 5.70. The van der Waals surface area contributed by atoms with Crippen LogP contribution in [-0.4, -0.2) is 66.9 Å². The number of benzene rings is 1. The molecule has 0 spiro atoms. The maximum atomic E-state index is 13.0. The number of carbonyl (C=O) groups is 2. The Morgan fingerprint density at radius 1 is 1.07 bits per heavy atom. The molecule has 9 heteroatoms. The maximum Gasteiger partial charge on any atom is 0.416 e. The largest absolute Gasteiger partial charge is 0.416 e. The van der Waals surface area contributed by atoms with Crippen molar-refractivity contribution in [3.8, 4) is 0 Å². The first-order valence-electron chi connectivity index (χ1n) is 9.96. The highest BCUT2D eigenvalue weighted by Crippen LogP contribution is 2.32. The fourth-order valence-electron chi connectivity index (χ4n) is 4.09. The molecule has 0 aromatic heterocycles. The molecule has 2 aliphatic rings. The number of halogens is 3. The Balaban J connectivity index is 1.54. The molecule has 2 amide bonds. The molecular weight excluding hydrogens is 385 g/mol. The average molecular weight is 412 g/mol. The summed E-state index contributed by atoms with van der Waals surface area (Å²) in [6.45, 7) is 4.09. The quantitative estimate of drug-likeness (QED) is 0.804. The molecule has 1 aromatic carbocycles. The van der Waals surface area contributed by atoms with Crippen molar-refractivity contribution in [1.29, 1.82) is 0 Å². The molecule has 0 radical (unpaired) electrons. The van der Waals surface area contributed by atoms with Gasteiger partial charge in [-0.2, -0.15) is 13.2 Å². The zero-order chi connectivity index (χ0) is 21.0. The van der Waals surface area contributed by atoms with Crippen LogP contribution in [0, 0.1) is 0 Å². The van der Waals surface area contributed by atoms with E-state index in [-0.39, 0.29) is 24.8 Å². The van der Waals surface area contributed by atoms with E-state index in [1.165, 1.54) is 12.1 Å². The van der Waals surface area contributed by atoms with Gasteiger partial charge >= 0.3 is 6.18 Å². The highest BCUT2D eigenvalue weighted by molar-refractivity contribution is 5.82. The summed E-state index contributed by atoms with van der Waals surface area (Å²) < 4.78 is 38.9. The van der Waals surface area contributed by atoms with Crippen LogP contribution in [0.5, 0.6) is 0 Å². The molecule has 2 heterocycles. The number of amides is 2. The predicted molar refractivity (Wildman–Crippen MR) is 103 cm³/mol. The smallest absolute Gasteiger partial charge is 0.370 e. The fraction of sp³-hybridized carbons (Fsp3) is 0.600. The summed E-state index contributed by atoms with van der Waals surface area (Å²) in [4.78, 5) is 29.3. The monoisotopic (exact) mass is 412 g/mol. The Morgan fingerprint density at radius 3 is 2.45 bits per heavy atom. The Bertz CT molecular complexity index is 733. The van der Waals surface area contributed by atoms with Crippen LogP contribution in [0.15, 0.2) is 24.3 Å². The van der Waals surface area contributed by atoms with Crippen molar-refractivity contribution in [2.24, 2.45) is 5.73 Å². The molecule has 160 valence electrons. The van der Waals surface area contributed by atoms with E-state index in [4.69, 9.17) is 5.73 Å². The predicted octanol–water partition coefficient (Wildman–Crippen LogP) is 2.08. The SMILES string of the molecule is NC(=O)CCC(=O)N1CCCC(N2CCN(c3cccc(C(F)(F)F)c3)CC2)C1. The number of likely N-dealkylation sites (tertiary alicyclic amines) is 1. The summed E-state index contributed by atoms with van der Waals surface area (Å²) in [5, 5.41) is 0. The lowest BCUT2D eigenvalue weighted by molar-refractivity contribution is -0.137. The molecule has 2 fully saturated rings. The molecule has 6 nitrogen and oxygen atoms in total. The van der Waals surface area contributed by atoms with Gasteiger partial charge in [-0.25, -0.2) is 0 Å². The Morgan fingerprint density at radius 2 is 1.79 bits per heavy atom. The van der Waals surface area contributed by atoms with E-state index < -0.39 is 17.6 Å². The van der Waals surface area contributed by atoms with Gasteiger partial charge in [0, 0.05) is 63.8 Å². The van der Waals surface area contributed by atoms with Gasteiger partial charge in [0.25, 0.3) is 0 Å². The van der Waals surface area contributed by atoms with Gasteiger partial charge in [-0.15, -0.1) is 0 Å². The summed E-state index contributed by atoms with van der Waals surface area (Å²) in [5.74, 6) is -0.520. The minimum Gasteiger partial charge on any atom is -0.370 e. The van der Waals surface area contributed by atoms with E-state index in [9.17, 15) is 22.8 Å². The fourth-order valence-corrected chi connectivity index (χ4v) is 4.09. The van der Waals surface area contributed by atoms with Crippen LogP contribution < -0.4 is 10.6 Å². The summed E-state index contributed by atoms with van der Waals surface area (Å²) in [6, 6.07) is 5.69. The molecular formula is C20H27F3N4O2. The molecule has 1 unspecified atom stereocenters. The van der Waals surface area contributed by atoms with Gasteiger partial charge in [0.15, 0.2) is 0 Å². The number of rotatable bonds is 5. The number of nitrogens with zero attached hydrogens (tertiary/aromatic N) is 3. The van der Waals surface area contributed by atoms with Gasteiger partial charge < -0.3 is 15.5 Å². The van der Waals surface area contributed by atoms with E-state index in [1.54, 1.807) is 11.0 Å². The number of primary amides is 1. The van der Waals surface area contributed by atoms with Crippen molar-refractivity contribution in [2.45, 2.75) is 37.9 Å². The molecule has 1 aromatic rings. The second kappa shape index (κ2) is 9.02. The van der Waals surface area contributed by atoms with Crippen LogP contribution >= 0.6 is 0 Å². The molecule has 29 heavy (non-hydrogen) atoms. The van der Waals surface area contributed by atoms with E-state index in [0.29, 0.717) is 31.9 Å². The van der Waals surface area contributed by atoms with E-state index in [1.807, 2.05) is 4.90 Å². The van der Waals surface area contributed by atoms with E-state index >= 15 is 0 Å². The third kappa shape index (κ3) is 5.62. The van der Waals surface area contributed by atoms with Crippen molar-refractivity contribution in [3.63, 3.8) is 0 Å². The number of piperidine rings is 1. The van der Waals surface area contributed by atoms with Gasteiger partial charge in [0.05, 0.1) is 5.56 Å². The number of hydrogen-bond acceptors (Lipinski definition) is 4. The van der Waals surface area contributed by atoms with Crippen LogP contribution in [0.3, 0.4) is 0 Å². The lowest BCUT2D eigenvalue weighted by Gasteiger charge is -2.44. The van der Waals surface area contributed by atoms with Gasteiger partial charge in [-0.1, -0.05) is 6.07 Å². The number of alkyl halides is 3. The standard InChI is InChI=1S/C20H27F3N4O2/c21-20(22,23)15-3-1-4-16(13-15)25-9-11-26(12-10-25)17-5-2-8-27(14-17)19(29)7-6-18(24)28/h1,3-4,13,17H,2,5-12,14H2,(H2,24,28). The van der Waals surface area contributed by atoms with Crippen molar-refractivity contribution in [3.05, 3.63) is 29.8 Å². The average Bonchev–Trinajstić information content (AvgIpc) is 2.71. The lowest BCUT2D eigenvalue weighted by atomic mass is 10.0. The zero-order valence-corrected chi connectivity index (χ0v) is 16.3. The van der Waals surface area contributed by atoms with E-state index in [0.717, 1.165) is 32.0 Å². The molecule has 2 aliphatic heterocycles. The van der Waals surface area contributed by atoms with Gasteiger partial charge in [0.1, 0.15) is 0 Å².